The Morgan fingerprint density at radius 1 is 1.36 bits per heavy atom. The first-order valence-electron chi connectivity index (χ1n) is 4.29. The van der Waals surface area contributed by atoms with Crippen molar-refractivity contribution in [3.05, 3.63) is 0 Å². The standard InChI is InChI=1S/C8H13F2NO2.ClH/c9-8(10)4-3-5(7(12)13)1-2-6(8)11;/h5-6H,1-4,11H2,(H,12,13);1H. The molecule has 0 aromatic heterocycles. The Kier molecular flexibility index (Phi) is 4.74. The van der Waals surface area contributed by atoms with Crippen LogP contribution in [0.3, 0.4) is 0 Å². The largest absolute Gasteiger partial charge is 0.481 e. The van der Waals surface area contributed by atoms with Crippen LogP contribution in [0.15, 0.2) is 0 Å². The van der Waals surface area contributed by atoms with Crippen LogP contribution in [0.25, 0.3) is 0 Å². The van der Waals surface area contributed by atoms with Gasteiger partial charge in [-0.1, -0.05) is 0 Å². The predicted molar refractivity (Wildman–Crippen MR) is 49.8 cm³/mol. The van der Waals surface area contributed by atoms with E-state index in [1.807, 2.05) is 0 Å². The molecule has 0 spiro atoms. The van der Waals surface area contributed by atoms with Crippen LogP contribution < -0.4 is 5.73 Å². The van der Waals surface area contributed by atoms with E-state index in [0.717, 1.165) is 0 Å². The molecule has 2 unspecified atom stereocenters. The van der Waals surface area contributed by atoms with Crippen molar-refractivity contribution in [2.24, 2.45) is 11.7 Å². The van der Waals surface area contributed by atoms with Crippen molar-refractivity contribution >= 4 is 18.4 Å². The second-order valence-corrected chi connectivity index (χ2v) is 3.52. The van der Waals surface area contributed by atoms with Crippen molar-refractivity contribution in [1.82, 2.24) is 0 Å². The molecule has 1 fully saturated rings. The maximum absolute atomic E-state index is 13.0. The van der Waals surface area contributed by atoms with Gasteiger partial charge < -0.3 is 10.8 Å². The first-order valence-corrected chi connectivity index (χ1v) is 4.29. The highest BCUT2D eigenvalue weighted by Crippen LogP contribution is 2.33. The van der Waals surface area contributed by atoms with Gasteiger partial charge in [-0.15, -0.1) is 12.4 Å². The minimum absolute atomic E-state index is 0. The van der Waals surface area contributed by atoms with Gasteiger partial charge in [0.05, 0.1) is 12.0 Å². The molecule has 3 nitrogen and oxygen atoms in total. The molecule has 0 saturated heterocycles. The molecular weight excluding hydrogens is 216 g/mol. The molecular formula is C8H14ClF2NO2. The van der Waals surface area contributed by atoms with Crippen LogP contribution in [0.5, 0.6) is 0 Å². The Bertz CT molecular complexity index is 214. The monoisotopic (exact) mass is 229 g/mol. The lowest BCUT2D eigenvalue weighted by Gasteiger charge is -2.19. The van der Waals surface area contributed by atoms with Crippen molar-refractivity contribution in [3.63, 3.8) is 0 Å². The normalized spacial score (nSPS) is 31.4. The van der Waals surface area contributed by atoms with Gasteiger partial charge in [0.25, 0.3) is 5.92 Å². The van der Waals surface area contributed by atoms with Crippen molar-refractivity contribution in [1.29, 1.82) is 0 Å². The summed E-state index contributed by atoms with van der Waals surface area (Å²) in [5, 5.41) is 8.63. The molecule has 0 amide bonds. The molecule has 1 rings (SSSR count). The summed E-state index contributed by atoms with van der Waals surface area (Å²) in [5.41, 5.74) is 5.23. The fraction of sp³-hybridized carbons (Fsp3) is 0.875. The maximum Gasteiger partial charge on any atom is 0.306 e. The molecule has 0 aromatic rings. The van der Waals surface area contributed by atoms with Crippen molar-refractivity contribution in [2.75, 3.05) is 0 Å². The molecule has 6 heteroatoms. The first-order chi connectivity index (χ1) is 5.93. The van der Waals surface area contributed by atoms with Gasteiger partial charge in [0.2, 0.25) is 0 Å². The van der Waals surface area contributed by atoms with E-state index in [1.54, 1.807) is 0 Å². The maximum atomic E-state index is 13.0. The van der Waals surface area contributed by atoms with E-state index < -0.39 is 30.3 Å². The number of rotatable bonds is 1. The van der Waals surface area contributed by atoms with Crippen LogP contribution >= 0.6 is 12.4 Å². The summed E-state index contributed by atoms with van der Waals surface area (Å²) in [6.45, 7) is 0. The molecule has 1 saturated carbocycles. The number of nitrogens with two attached hydrogens (primary N) is 1. The highest BCUT2D eigenvalue weighted by atomic mass is 35.5. The van der Waals surface area contributed by atoms with Crippen molar-refractivity contribution in [2.45, 2.75) is 37.6 Å². The second-order valence-electron chi connectivity index (χ2n) is 3.52. The number of halogens is 3. The summed E-state index contributed by atoms with van der Waals surface area (Å²) in [7, 11) is 0. The van der Waals surface area contributed by atoms with E-state index in [2.05, 4.69) is 0 Å². The molecule has 3 N–H and O–H groups in total. The zero-order valence-electron chi connectivity index (χ0n) is 7.58. The van der Waals surface area contributed by atoms with Gasteiger partial charge in [0.1, 0.15) is 0 Å². The van der Waals surface area contributed by atoms with Crippen LogP contribution in [0.2, 0.25) is 0 Å². The van der Waals surface area contributed by atoms with Crippen molar-refractivity contribution in [3.8, 4) is 0 Å². The smallest absolute Gasteiger partial charge is 0.306 e. The van der Waals surface area contributed by atoms with E-state index in [-0.39, 0.29) is 31.7 Å². The molecule has 0 bridgehead atoms. The summed E-state index contributed by atoms with van der Waals surface area (Å²) in [6.07, 6.45) is -0.0444. The van der Waals surface area contributed by atoms with Crippen LogP contribution in [-0.2, 0) is 4.79 Å². The van der Waals surface area contributed by atoms with Gasteiger partial charge in [0.15, 0.2) is 0 Å². The highest BCUT2D eigenvalue weighted by molar-refractivity contribution is 5.85. The third-order valence-corrected chi connectivity index (χ3v) is 2.54. The topological polar surface area (TPSA) is 63.3 Å². The van der Waals surface area contributed by atoms with Crippen molar-refractivity contribution < 1.29 is 18.7 Å². The Morgan fingerprint density at radius 3 is 2.43 bits per heavy atom. The van der Waals surface area contributed by atoms with E-state index in [0.29, 0.717) is 0 Å². The number of carbonyl (C=O) groups is 1. The van der Waals surface area contributed by atoms with Crippen LogP contribution in [0, 0.1) is 5.92 Å². The molecule has 1 aliphatic rings. The van der Waals surface area contributed by atoms with Crippen LogP contribution in [0.4, 0.5) is 8.78 Å². The van der Waals surface area contributed by atoms with Gasteiger partial charge >= 0.3 is 5.97 Å². The summed E-state index contributed by atoms with van der Waals surface area (Å²) in [4.78, 5) is 10.5. The molecule has 1 aliphatic carbocycles. The number of alkyl halides is 2. The fourth-order valence-electron chi connectivity index (χ4n) is 1.54. The summed E-state index contributed by atoms with van der Waals surface area (Å²) in [5.74, 6) is -4.55. The van der Waals surface area contributed by atoms with E-state index in [1.165, 1.54) is 0 Å². The number of hydrogen-bond donors (Lipinski definition) is 2. The predicted octanol–water partition coefficient (Wildman–Crippen LogP) is 1.65. The summed E-state index contributed by atoms with van der Waals surface area (Å²) >= 11 is 0. The third kappa shape index (κ3) is 3.06. The van der Waals surface area contributed by atoms with Gasteiger partial charge in [-0.25, -0.2) is 8.78 Å². The molecule has 0 aliphatic heterocycles. The van der Waals surface area contributed by atoms with E-state index in [9.17, 15) is 13.6 Å². The number of hydrogen-bond acceptors (Lipinski definition) is 2. The van der Waals surface area contributed by atoms with Gasteiger partial charge in [0, 0.05) is 6.42 Å². The Morgan fingerprint density at radius 2 is 1.93 bits per heavy atom. The fourth-order valence-corrected chi connectivity index (χ4v) is 1.54. The average molecular weight is 230 g/mol. The Balaban J connectivity index is 0.00000169. The van der Waals surface area contributed by atoms with Gasteiger partial charge in [-0.3, -0.25) is 4.79 Å². The molecule has 14 heavy (non-hydrogen) atoms. The molecule has 2 atom stereocenters. The Labute approximate surface area is 87.1 Å². The summed E-state index contributed by atoms with van der Waals surface area (Å²) in [6, 6.07) is -1.18. The van der Waals surface area contributed by atoms with Gasteiger partial charge in [-0.2, -0.15) is 0 Å². The lowest BCUT2D eigenvalue weighted by Crippen LogP contribution is -2.39. The molecule has 0 heterocycles. The number of carboxylic acids is 1. The minimum Gasteiger partial charge on any atom is -0.481 e. The SMILES string of the molecule is Cl.NC1CCC(C(=O)O)CCC1(F)F. The van der Waals surface area contributed by atoms with E-state index in [4.69, 9.17) is 10.8 Å². The average Bonchev–Trinajstić information content (AvgIpc) is 2.13. The van der Waals surface area contributed by atoms with Crippen LogP contribution in [-0.4, -0.2) is 23.0 Å². The summed E-state index contributed by atoms with van der Waals surface area (Å²) < 4.78 is 26.0. The molecule has 0 aromatic carbocycles. The minimum atomic E-state index is -2.90. The van der Waals surface area contributed by atoms with E-state index >= 15 is 0 Å². The highest BCUT2D eigenvalue weighted by Gasteiger charge is 2.40. The van der Waals surface area contributed by atoms with Gasteiger partial charge in [-0.05, 0) is 19.3 Å². The third-order valence-electron chi connectivity index (χ3n) is 2.54. The molecule has 84 valence electrons. The Hall–Kier alpha value is -0.420. The zero-order chi connectivity index (χ0) is 10.1. The quantitative estimate of drug-likeness (QED) is 0.672. The molecule has 0 radical (unpaired) electrons. The number of aliphatic carboxylic acids is 1. The lowest BCUT2D eigenvalue weighted by atomic mass is 10.0. The second kappa shape index (κ2) is 4.89. The number of carboxylic acid groups (broad SMARTS) is 1. The lowest BCUT2D eigenvalue weighted by molar-refractivity contribution is -0.142. The first kappa shape index (κ1) is 13.6. The zero-order valence-corrected chi connectivity index (χ0v) is 8.40. The van der Waals surface area contributed by atoms with Crippen LogP contribution in [0.1, 0.15) is 25.7 Å².